The third-order valence-electron chi connectivity index (χ3n) is 9.82. The Kier molecular flexibility index (Phi) is 40.0. The van der Waals surface area contributed by atoms with Crippen LogP contribution in [0.3, 0.4) is 0 Å². The molecule has 0 saturated carbocycles. The minimum absolute atomic E-state index is 0.0206. The molecule has 50 heavy (non-hydrogen) atoms. The Morgan fingerprint density at radius 3 is 1.28 bits per heavy atom. The van der Waals surface area contributed by atoms with Gasteiger partial charge in [0.2, 0.25) is 0 Å². The average molecular weight is 701 g/mol. The smallest absolute Gasteiger partial charge is 0.306 e. The number of ether oxygens (including phenoxy) is 1. The SMILES string of the molecule is CCCCC/C=C\C/C=C\CCCC/C=C\CCCCCCCC(=O)OC(CCC)CCCCCCCCCCCCCCCCCC(=O)O. The van der Waals surface area contributed by atoms with Crippen LogP contribution in [-0.2, 0) is 14.3 Å². The molecular weight excluding hydrogens is 617 g/mol. The van der Waals surface area contributed by atoms with Gasteiger partial charge in [0.05, 0.1) is 0 Å². The second-order valence-electron chi connectivity index (χ2n) is 14.9. The molecule has 0 aromatic rings. The number of carboxylic acids is 1. The van der Waals surface area contributed by atoms with Gasteiger partial charge in [-0.1, -0.05) is 172 Å². The lowest BCUT2D eigenvalue weighted by Gasteiger charge is -2.17. The van der Waals surface area contributed by atoms with E-state index < -0.39 is 5.97 Å². The first-order chi connectivity index (χ1) is 24.6. The summed E-state index contributed by atoms with van der Waals surface area (Å²) >= 11 is 0. The first-order valence-electron chi connectivity index (χ1n) is 22.0. The minimum atomic E-state index is -0.665. The Bertz CT molecular complexity index is 798. The van der Waals surface area contributed by atoms with Crippen molar-refractivity contribution in [2.45, 2.75) is 245 Å². The van der Waals surface area contributed by atoms with Gasteiger partial charge in [-0.15, -0.1) is 0 Å². The topological polar surface area (TPSA) is 63.6 Å². The first-order valence-corrected chi connectivity index (χ1v) is 22.0. The Balaban J connectivity index is 3.54. The molecule has 1 unspecified atom stereocenters. The molecule has 0 aliphatic carbocycles. The van der Waals surface area contributed by atoms with Crippen LogP contribution in [0.2, 0.25) is 0 Å². The summed E-state index contributed by atoms with van der Waals surface area (Å²) in [4.78, 5) is 23.0. The molecule has 0 saturated heterocycles. The Labute approximate surface area is 311 Å². The van der Waals surface area contributed by atoms with E-state index in [1.165, 1.54) is 161 Å². The average Bonchev–Trinajstić information content (AvgIpc) is 3.10. The van der Waals surface area contributed by atoms with E-state index in [4.69, 9.17) is 9.84 Å². The predicted molar refractivity (Wildman–Crippen MR) is 218 cm³/mol. The van der Waals surface area contributed by atoms with E-state index in [1.807, 2.05) is 0 Å². The summed E-state index contributed by atoms with van der Waals surface area (Å²) in [6.07, 6.45) is 55.3. The monoisotopic (exact) mass is 701 g/mol. The normalized spacial score (nSPS) is 12.5. The summed E-state index contributed by atoms with van der Waals surface area (Å²) in [5, 5.41) is 8.67. The van der Waals surface area contributed by atoms with E-state index in [0.717, 1.165) is 51.4 Å². The van der Waals surface area contributed by atoms with Crippen LogP contribution in [0.5, 0.6) is 0 Å². The van der Waals surface area contributed by atoms with Crippen LogP contribution < -0.4 is 0 Å². The molecule has 0 fully saturated rings. The van der Waals surface area contributed by atoms with Crippen molar-refractivity contribution in [2.24, 2.45) is 0 Å². The van der Waals surface area contributed by atoms with E-state index in [-0.39, 0.29) is 12.1 Å². The molecule has 1 N–H and O–H groups in total. The number of aliphatic carboxylic acids is 1. The van der Waals surface area contributed by atoms with Gasteiger partial charge in [-0.3, -0.25) is 9.59 Å². The highest BCUT2D eigenvalue weighted by Gasteiger charge is 2.13. The largest absolute Gasteiger partial charge is 0.481 e. The maximum Gasteiger partial charge on any atom is 0.306 e. The van der Waals surface area contributed by atoms with Gasteiger partial charge in [0, 0.05) is 12.8 Å². The van der Waals surface area contributed by atoms with Gasteiger partial charge >= 0.3 is 11.9 Å². The fourth-order valence-electron chi connectivity index (χ4n) is 6.62. The highest BCUT2D eigenvalue weighted by atomic mass is 16.5. The van der Waals surface area contributed by atoms with Crippen molar-refractivity contribution in [1.29, 1.82) is 0 Å². The number of carbonyl (C=O) groups is 2. The maximum atomic E-state index is 12.5. The molecule has 0 amide bonds. The molecule has 0 bridgehead atoms. The highest BCUT2D eigenvalue weighted by molar-refractivity contribution is 5.69. The Morgan fingerprint density at radius 1 is 0.440 bits per heavy atom. The third kappa shape index (κ3) is 40.6. The van der Waals surface area contributed by atoms with Crippen LogP contribution in [0.4, 0.5) is 0 Å². The van der Waals surface area contributed by atoms with Gasteiger partial charge in [-0.2, -0.15) is 0 Å². The van der Waals surface area contributed by atoms with Crippen LogP contribution >= 0.6 is 0 Å². The maximum absolute atomic E-state index is 12.5. The van der Waals surface area contributed by atoms with Crippen molar-refractivity contribution < 1.29 is 19.4 Å². The first kappa shape index (κ1) is 48.2. The standard InChI is InChI=1S/C46H84O4/c1-3-5-6-7-8-9-10-11-12-13-14-15-16-17-21-24-27-30-33-36-39-43-46(49)50-44(40-4-2)41-37-34-31-28-25-22-19-18-20-23-26-29-32-35-38-42-45(47)48/h8-9,11-12,17,21,44H,3-7,10,13-16,18-20,22-43H2,1-2H3,(H,47,48)/b9-8-,12-11-,21-17-. The van der Waals surface area contributed by atoms with E-state index in [0.29, 0.717) is 12.8 Å². The molecule has 0 heterocycles. The van der Waals surface area contributed by atoms with Gasteiger partial charge in [0.25, 0.3) is 0 Å². The number of carbonyl (C=O) groups excluding carboxylic acids is 1. The number of unbranched alkanes of at least 4 members (excludes halogenated alkanes) is 25. The summed E-state index contributed by atoms with van der Waals surface area (Å²) in [6.45, 7) is 4.45. The summed E-state index contributed by atoms with van der Waals surface area (Å²) in [5.41, 5.74) is 0. The molecule has 0 aromatic heterocycles. The number of esters is 1. The Morgan fingerprint density at radius 2 is 0.820 bits per heavy atom. The van der Waals surface area contributed by atoms with Gasteiger partial charge in [-0.05, 0) is 89.9 Å². The summed E-state index contributed by atoms with van der Waals surface area (Å²) < 4.78 is 5.89. The van der Waals surface area contributed by atoms with E-state index >= 15 is 0 Å². The van der Waals surface area contributed by atoms with Crippen molar-refractivity contribution in [3.8, 4) is 0 Å². The summed E-state index contributed by atoms with van der Waals surface area (Å²) in [6, 6.07) is 0. The van der Waals surface area contributed by atoms with Crippen LogP contribution in [-0.4, -0.2) is 23.1 Å². The van der Waals surface area contributed by atoms with Crippen molar-refractivity contribution >= 4 is 11.9 Å². The van der Waals surface area contributed by atoms with Crippen molar-refractivity contribution in [3.05, 3.63) is 36.5 Å². The second kappa shape index (κ2) is 41.6. The zero-order chi connectivity index (χ0) is 36.4. The number of allylic oxidation sites excluding steroid dienone is 6. The van der Waals surface area contributed by atoms with Crippen LogP contribution in [0, 0.1) is 0 Å². The van der Waals surface area contributed by atoms with Crippen LogP contribution in [0.25, 0.3) is 0 Å². The van der Waals surface area contributed by atoms with Crippen molar-refractivity contribution in [1.82, 2.24) is 0 Å². The molecule has 0 aromatic carbocycles. The fourth-order valence-corrected chi connectivity index (χ4v) is 6.62. The number of carboxylic acid groups (broad SMARTS) is 1. The van der Waals surface area contributed by atoms with Crippen LogP contribution in [0.1, 0.15) is 239 Å². The van der Waals surface area contributed by atoms with Gasteiger partial charge in [-0.25, -0.2) is 0 Å². The van der Waals surface area contributed by atoms with E-state index in [9.17, 15) is 9.59 Å². The lowest BCUT2D eigenvalue weighted by molar-refractivity contribution is -0.150. The predicted octanol–water partition coefficient (Wildman–Crippen LogP) is 15.3. The van der Waals surface area contributed by atoms with Crippen molar-refractivity contribution in [3.63, 3.8) is 0 Å². The highest BCUT2D eigenvalue weighted by Crippen LogP contribution is 2.18. The molecule has 0 radical (unpaired) electrons. The second-order valence-corrected chi connectivity index (χ2v) is 14.9. The lowest BCUT2D eigenvalue weighted by Crippen LogP contribution is -2.18. The zero-order valence-electron chi connectivity index (χ0n) is 33.5. The molecule has 4 nitrogen and oxygen atoms in total. The van der Waals surface area contributed by atoms with Gasteiger partial charge in [0.1, 0.15) is 6.10 Å². The minimum Gasteiger partial charge on any atom is -0.481 e. The summed E-state index contributed by atoms with van der Waals surface area (Å²) in [7, 11) is 0. The molecule has 0 spiro atoms. The number of hydrogen-bond acceptors (Lipinski definition) is 3. The molecule has 4 heteroatoms. The molecule has 0 rings (SSSR count). The molecule has 0 aliphatic heterocycles. The molecule has 0 aliphatic rings. The number of rotatable bonds is 40. The van der Waals surface area contributed by atoms with Gasteiger partial charge in [0.15, 0.2) is 0 Å². The lowest BCUT2D eigenvalue weighted by atomic mass is 10.0. The van der Waals surface area contributed by atoms with Crippen molar-refractivity contribution in [2.75, 3.05) is 0 Å². The van der Waals surface area contributed by atoms with E-state index in [2.05, 4.69) is 50.3 Å². The van der Waals surface area contributed by atoms with Crippen LogP contribution in [0.15, 0.2) is 36.5 Å². The quantitative estimate of drug-likeness (QED) is 0.0393. The van der Waals surface area contributed by atoms with E-state index in [1.54, 1.807) is 0 Å². The summed E-state index contributed by atoms with van der Waals surface area (Å²) in [5.74, 6) is -0.644. The molecule has 292 valence electrons. The molecular formula is C46H84O4. The fraction of sp³-hybridized carbons (Fsp3) is 0.826. The number of hydrogen-bond donors (Lipinski definition) is 1. The third-order valence-corrected chi connectivity index (χ3v) is 9.82. The molecule has 1 atom stereocenters. The zero-order valence-corrected chi connectivity index (χ0v) is 33.5. The van der Waals surface area contributed by atoms with Gasteiger partial charge < -0.3 is 9.84 Å². The Hall–Kier alpha value is -1.84.